The SMILES string of the molecule is C=CC1(C(=O)c2ccccc2)CC=C(OC(C)=O)C(=O)O1. The van der Waals surface area contributed by atoms with Crippen LogP contribution in [-0.2, 0) is 19.1 Å². The van der Waals surface area contributed by atoms with Crippen LogP contribution in [0, 0.1) is 0 Å². The number of cyclic esters (lactones) is 1. The Morgan fingerprint density at radius 1 is 1.33 bits per heavy atom. The van der Waals surface area contributed by atoms with E-state index >= 15 is 0 Å². The summed E-state index contributed by atoms with van der Waals surface area (Å²) >= 11 is 0. The predicted molar refractivity (Wildman–Crippen MR) is 74.3 cm³/mol. The van der Waals surface area contributed by atoms with Crippen LogP contribution in [0.2, 0.25) is 0 Å². The van der Waals surface area contributed by atoms with E-state index in [4.69, 9.17) is 9.47 Å². The summed E-state index contributed by atoms with van der Waals surface area (Å²) in [6.07, 6.45) is 2.73. The van der Waals surface area contributed by atoms with Crippen molar-refractivity contribution in [2.75, 3.05) is 0 Å². The number of benzene rings is 1. The molecule has 1 aliphatic heterocycles. The molecule has 108 valence electrons. The van der Waals surface area contributed by atoms with Gasteiger partial charge in [0, 0.05) is 18.9 Å². The molecule has 0 amide bonds. The molecular weight excluding hydrogens is 272 g/mol. The fourth-order valence-corrected chi connectivity index (χ4v) is 2.01. The van der Waals surface area contributed by atoms with Gasteiger partial charge in [0.2, 0.25) is 11.5 Å². The minimum absolute atomic E-state index is 0.0680. The summed E-state index contributed by atoms with van der Waals surface area (Å²) in [5, 5.41) is 0. The number of Topliss-reactive ketones (excluding diaryl/α,β-unsaturated/α-hetero) is 1. The maximum Gasteiger partial charge on any atom is 0.375 e. The van der Waals surface area contributed by atoms with Crippen molar-refractivity contribution in [2.24, 2.45) is 0 Å². The normalized spacial score (nSPS) is 21.0. The van der Waals surface area contributed by atoms with Crippen LogP contribution < -0.4 is 0 Å². The summed E-state index contributed by atoms with van der Waals surface area (Å²) in [6.45, 7) is 4.77. The first kappa shape index (κ1) is 14.7. The fourth-order valence-electron chi connectivity index (χ4n) is 2.01. The van der Waals surface area contributed by atoms with E-state index in [1.165, 1.54) is 19.1 Å². The van der Waals surface area contributed by atoms with E-state index in [1.807, 2.05) is 0 Å². The van der Waals surface area contributed by atoms with Crippen molar-refractivity contribution in [2.45, 2.75) is 18.9 Å². The highest BCUT2D eigenvalue weighted by molar-refractivity contribution is 6.06. The maximum absolute atomic E-state index is 12.5. The largest absolute Gasteiger partial charge is 0.440 e. The molecule has 0 saturated carbocycles. The number of hydrogen-bond donors (Lipinski definition) is 0. The van der Waals surface area contributed by atoms with Gasteiger partial charge in [0.25, 0.3) is 0 Å². The fraction of sp³-hybridized carbons (Fsp3) is 0.188. The Labute approximate surface area is 121 Å². The molecular formula is C16H14O5. The lowest BCUT2D eigenvalue weighted by molar-refractivity contribution is -0.157. The lowest BCUT2D eigenvalue weighted by atomic mass is 9.88. The monoisotopic (exact) mass is 286 g/mol. The molecule has 1 unspecified atom stereocenters. The van der Waals surface area contributed by atoms with Crippen molar-refractivity contribution in [3.8, 4) is 0 Å². The van der Waals surface area contributed by atoms with Crippen molar-refractivity contribution >= 4 is 17.7 Å². The summed E-state index contributed by atoms with van der Waals surface area (Å²) in [7, 11) is 0. The highest BCUT2D eigenvalue weighted by Crippen LogP contribution is 2.30. The first-order chi connectivity index (χ1) is 9.98. The molecule has 1 aromatic rings. The van der Waals surface area contributed by atoms with E-state index in [2.05, 4.69) is 6.58 Å². The van der Waals surface area contributed by atoms with Gasteiger partial charge in [0.1, 0.15) is 0 Å². The zero-order valence-electron chi connectivity index (χ0n) is 11.5. The molecule has 0 saturated heterocycles. The molecule has 21 heavy (non-hydrogen) atoms. The predicted octanol–water partition coefficient (Wildman–Crippen LogP) is 2.19. The van der Waals surface area contributed by atoms with E-state index in [0.29, 0.717) is 5.56 Å². The van der Waals surface area contributed by atoms with Crippen LogP contribution in [0.3, 0.4) is 0 Å². The van der Waals surface area contributed by atoms with Crippen LogP contribution in [0.15, 0.2) is 54.8 Å². The van der Waals surface area contributed by atoms with E-state index in [0.717, 1.165) is 0 Å². The van der Waals surface area contributed by atoms with Crippen molar-refractivity contribution < 1.29 is 23.9 Å². The lowest BCUT2D eigenvalue weighted by Gasteiger charge is -2.31. The molecule has 1 atom stereocenters. The second-order valence-electron chi connectivity index (χ2n) is 4.54. The van der Waals surface area contributed by atoms with Gasteiger partial charge < -0.3 is 9.47 Å². The van der Waals surface area contributed by atoms with Crippen LogP contribution in [0.1, 0.15) is 23.7 Å². The van der Waals surface area contributed by atoms with Crippen molar-refractivity contribution in [3.63, 3.8) is 0 Å². The molecule has 0 radical (unpaired) electrons. The van der Waals surface area contributed by atoms with Gasteiger partial charge in [-0.3, -0.25) is 9.59 Å². The average Bonchev–Trinajstić information content (AvgIpc) is 2.49. The summed E-state index contributed by atoms with van der Waals surface area (Å²) in [4.78, 5) is 35.3. The highest BCUT2D eigenvalue weighted by Gasteiger charge is 2.43. The first-order valence-electron chi connectivity index (χ1n) is 6.34. The van der Waals surface area contributed by atoms with Gasteiger partial charge in [-0.05, 0) is 12.2 Å². The summed E-state index contributed by atoms with van der Waals surface area (Å²) in [5.74, 6) is -2.07. The number of esters is 2. The van der Waals surface area contributed by atoms with Gasteiger partial charge in [-0.15, -0.1) is 0 Å². The van der Waals surface area contributed by atoms with Crippen molar-refractivity contribution in [1.82, 2.24) is 0 Å². The number of ether oxygens (including phenoxy) is 2. The Morgan fingerprint density at radius 2 is 2.00 bits per heavy atom. The highest BCUT2D eigenvalue weighted by atomic mass is 16.6. The molecule has 0 aliphatic carbocycles. The molecule has 1 heterocycles. The summed E-state index contributed by atoms with van der Waals surface area (Å²) in [6, 6.07) is 8.48. The third kappa shape index (κ3) is 2.91. The van der Waals surface area contributed by atoms with Gasteiger partial charge in [-0.2, -0.15) is 0 Å². The second-order valence-corrected chi connectivity index (χ2v) is 4.54. The summed E-state index contributed by atoms with van der Waals surface area (Å²) < 4.78 is 9.93. The zero-order valence-corrected chi connectivity index (χ0v) is 11.5. The minimum atomic E-state index is -1.47. The molecule has 0 bridgehead atoms. The molecule has 0 spiro atoms. The number of carbonyl (C=O) groups excluding carboxylic acids is 3. The van der Waals surface area contributed by atoms with Gasteiger partial charge in [0.05, 0.1) is 0 Å². The van der Waals surface area contributed by atoms with Gasteiger partial charge in [-0.25, -0.2) is 4.79 Å². The Bertz CT molecular complexity index is 629. The number of hydrogen-bond acceptors (Lipinski definition) is 5. The van der Waals surface area contributed by atoms with Crippen molar-refractivity contribution in [1.29, 1.82) is 0 Å². The van der Waals surface area contributed by atoms with Crippen LogP contribution in [0.5, 0.6) is 0 Å². The van der Waals surface area contributed by atoms with Gasteiger partial charge in [-0.1, -0.05) is 36.9 Å². The standard InChI is InChI=1S/C16H14O5/c1-3-16(14(18)12-7-5-4-6-8-12)10-9-13(15(19)21-16)20-11(2)17/h3-9H,1,10H2,2H3. The Hall–Kier alpha value is -2.69. The van der Waals surface area contributed by atoms with E-state index in [1.54, 1.807) is 30.3 Å². The Kier molecular flexibility index (Phi) is 4.03. The molecule has 0 aromatic heterocycles. The van der Waals surface area contributed by atoms with E-state index < -0.39 is 17.5 Å². The number of ketones is 1. The smallest absolute Gasteiger partial charge is 0.375 e. The van der Waals surface area contributed by atoms with E-state index in [9.17, 15) is 14.4 Å². The minimum Gasteiger partial charge on any atom is -0.440 e. The molecule has 2 rings (SSSR count). The molecule has 1 aliphatic rings. The van der Waals surface area contributed by atoms with Crippen LogP contribution in [0.4, 0.5) is 0 Å². The van der Waals surface area contributed by atoms with Crippen LogP contribution >= 0.6 is 0 Å². The molecule has 5 nitrogen and oxygen atoms in total. The molecule has 5 heteroatoms. The third-order valence-electron chi connectivity index (χ3n) is 3.07. The van der Waals surface area contributed by atoms with Crippen LogP contribution in [-0.4, -0.2) is 23.3 Å². The number of rotatable bonds is 4. The first-order valence-corrected chi connectivity index (χ1v) is 6.34. The lowest BCUT2D eigenvalue weighted by Crippen LogP contribution is -2.44. The van der Waals surface area contributed by atoms with Crippen molar-refractivity contribution in [3.05, 3.63) is 60.4 Å². The average molecular weight is 286 g/mol. The zero-order chi connectivity index (χ0) is 15.5. The van der Waals surface area contributed by atoms with Gasteiger partial charge >= 0.3 is 11.9 Å². The molecule has 1 aromatic carbocycles. The van der Waals surface area contributed by atoms with Crippen LogP contribution in [0.25, 0.3) is 0 Å². The van der Waals surface area contributed by atoms with E-state index in [-0.39, 0.29) is 18.0 Å². The third-order valence-corrected chi connectivity index (χ3v) is 3.07. The van der Waals surface area contributed by atoms with Gasteiger partial charge in [0.15, 0.2) is 5.60 Å². The Balaban J connectivity index is 2.31. The Morgan fingerprint density at radius 3 is 2.52 bits per heavy atom. The topological polar surface area (TPSA) is 69.7 Å². The quantitative estimate of drug-likeness (QED) is 0.482. The molecule has 0 fully saturated rings. The number of carbonyl (C=O) groups is 3. The molecule has 0 N–H and O–H groups in total. The second kappa shape index (κ2) is 5.75. The maximum atomic E-state index is 12.5. The summed E-state index contributed by atoms with van der Waals surface area (Å²) in [5.41, 5.74) is -1.06.